The van der Waals surface area contributed by atoms with Gasteiger partial charge in [0.05, 0.1) is 28.0 Å². The molecule has 3 aromatic heterocycles. The molecule has 262 valence electrons. The molecule has 0 fully saturated rings. The molecule has 0 amide bonds. The number of nitrogens with zero attached hydrogens (tertiary/aromatic N) is 3. The first-order valence-corrected chi connectivity index (χ1v) is 18.9. The van der Waals surface area contributed by atoms with Gasteiger partial charge in [-0.1, -0.05) is 152 Å². The summed E-state index contributed by atoms with van der Waals surface area (Å²) in [6.45, 7) is 0. The molecule has 0 spiro atoms. The number of rotatable bonds is 6. The van der Waals surface area contributed by atoms with E-state index >= 15 is 0 Å². The Morgan fingerprint density at radius 2 is 0.929 bits per heavy atom. The van der Waals surface area contributed by atoms with E-state index in [-0.39, 0.29) is 0 Å². The summed E-state index contributed by atoms with van der Waals surface area (Å²) in [6.07, 6.45) is 0. The lowest BCUT2D eigenvalue weighted by Gasteiger charge is -2.12. The fraction of sp³-hybridized carbons (Fsp3) is 0. The maximum atomic E-state index is 6.49. The number of furan rings is 1. The Kier molecular flexibility index (Phi) is 7.46. The van der Waals surface area contributed by atoms with Crippen molar-refractivity contribution in [2.75, 3.05) is 0 Å². The third-order valence-corrected chi connectivity index (χ3v) is 10.8. The summed E-state index contributed by atoms with van der Waals surface area (Å²) < 4.78 is 8.85. The van der Waals surface area contributed by atoms with E-state index in [0.717, 1.165) is 72.4 Å². The number of aromatic nitrogens is 3. The predicted octanol–water partition coefficient (Wildman–Crippen LogP) is 13.8. The van der Waals surface area contributed by atoms with Crippen molar-refractivity contribution in [1.29, 1.82) is 0 Å². The van der Waals surface area contributed by atoms with Gasteiger partial charge in [0.1, 0.15) is 11.2 Å². The van der Waals surface area contributed by atoms with Gasteiger partial charge in [-0.15, -0.1) is 0 Å². The molecule has 0 saturated heterocycles. The van der Waals surface area contributed by atoms with Crippen LogP contribution in [-0.2, 0) is 0 Å². The Hall–Kier alpha value is -7.56. The number of hydrogen-bond acceptors (Lipinski definition) is 3. The van der Waals surface area contributed by atoms with Gasteiger partial charge in [0.15, 0.2) is 5.82 Å². The van der Waals surface area contributed by atoms with Gasteiger partial charge in [0.25, 0.3) is 0 Å². The lowest BCUT2D eigenvalue weighted by atomic mass is 9.99. The summed E-state index contributed by atoms with van der Waals surface area (Å²) >= 11 is 0. The Balaban J connectivity index is 1.07. The first kappa shape index (κ1) is 31.9. The van der Waals surface area contributed by atoms with Crippen molar-refractivity contribution in [3.63, 3.8) is 0 Å². The summed E-state index contributed by atoms with van der Waals surface area (Å²) in [7, 11) is 0. The van der Waals surface area contributed by atoms with Crippen molar-refractivity contribution in [2.24, 2.45) is 0 Å². The van der Waals surface area contributed by atoms with E-state index in [9.17, 15) is 0 Å². The van der Waals surface area contributed by atoms with Crippen molar-refractivity contribution in [2.45, 2.75) is 0 Å². The molecule has 4 nitrogen and oxygen atoms in total. The molecule has 11 rings (SSSR count). The van der Waals surface area contributed by atoms with Crippen LogP contribution in [0.25, 0.3) is 106 Å². The zero-order valence-electron chi connectivity index (χ0n) is 30.3. The number of para-hydroxylation sites is 4. The molecular formula is C52H33N3O. The minimum Gasteiger partial charge on any atom is -0.455 e. The largest absolute Gasteiger partial charge is 0.455 e. The highest BCUT2D eigenvalue weighted by molar-refractivity contribution is 6.11. The Morgan fingerprint density at radius 3 is 1.77 bits per heavy atom. The highest BCUT2D eigenvalue weighted by Crippen LogP contribution is 2.38. The van der Waals surface area contributed by atoms with Gasteiger partial charge < -0.3 is 8.98 Å². The fourth-order valence-corrected chi connectivity index (χ4v) is 8.11. The van der Waals surface area contributed by atoms with Gasteiger partial charge in [0, 0.05) is 38.4 Å². The third kappa shape index (κ3) is 5.39. The lowest BCUT2D eigenvalue weighted by Crippen LogP contribution is -1.96. The van der Waals surface area contributed by atoms with E-state index in [1.165, 1.54) is 27.4 Å². The molecule has 0 aliphatic rings. The van der Waals surface area contributed by atoms with Crippen LogP contribution >= 0.6 is 0 Å². The Labute approximate surface area is 323 Å². The third-order valence-electron chi connectivity index (χ3n) is 10.8. The van der Waals surface area contributed by atoms with E-state index in [4.69, 9.17) is 14.4 Å². The van der Waals surface area contributed by atoms with Crippen LogP contribution in [0.15, 0.2) is 205 Å². The summed E-state index contributed by atoms with van der Waals surface area (Å²) in [5.41, 5.74) is 14.3. The van der Waals surface area contributed by atoms with E-state index < -0.39 is 0 Å². The van der Waals surface area contributed by atoms with E-state index in [1.807, 2.05) is 24.3 Å². The first-order valence-electron chi connectivity index (χ1n) is 18.9. The van der Waals surface area contributed by atoms with Crippen LogP contribution in [0, 0.1) is 0 Å². The smallest absolute Gasteiger partial charge is 0.164 e. The summed E-state index contributed by atoms with van der Waals surface area (Å²) in [6, 6.07) is 70.3. The summed E-state index contributed by atoms with van der Waals surface area (Å²) in [4.78, 5) is 10.5. The van der Waals surface area contributed by atoms with Crippen molar-refractivity contribution in [3.05, 3.63) is 200 Å². The highest BCUT2D eigenvalue weighted by Gasteiger charge is 2.18. The zero-order valence-corrected chi connectivity index (χ0v) is 30.3. The molecule has 0 unspecified atom stereocenters. The van der Waals surface area contributed by atoms with Crippen LogP contribution < -0.4 is 0 Å². The van der Waals surface area contributed by atoms with Crippen LogP contribution in [0.4, 0.5) is 0 Å². The molecule has 0 bridgehead atoms. The molecule has 0 aliphatic heterocycles. The number of benzene rings is 8. The highest BCUT2D eigenvalue weighted by atomic mass is 16.3. The van der Waals surface area contributed by atoms with Crippen molar-refractivity contribution < 1.29 is 4.42 Å². The van der Waals surface area contributed by atoms with Crippen molar-refractivity contribution in [1.82, 2.24) is 14.5 Å². The van der Waals surface area contributed by atoms with Gasteiger partial charge in [-0.3, -0.25) is 0 Å². The van der Waals surface area contributed by atoms with Crippen molar-refractivity contribution in [3.8, 4) is 61.8 Å². The molecular weight excluding hydrogens is 683 g/mol. The maximum absolute atomic E-state index is 6.49. The molecule has 11 aromatic rings. The molecule has 0 aliphatic carbocycles. The molecule has 0 atom stereocenters. The quantitative estimate of drug-likeness (QED) is 0.172. The predicted molar refractivity (Wildman–Crippen MR) is 231 cm³/mol. The minimum absolute atomic E-state index is 0.619. The molecule has 4 heteroatoms. The molecule has 3 heterocycles. The minimum atomic E-state index is 0.619. The van der Waals surface area contributed by atoms with Crippen LogP contribution in [-0.4, -0.2) is 14.5 Å². The lowest BCUT2D eigenvalue weighted by molar-refractivity contribution is 0.669. The monoisotopic (exact) mass is 715 g/mol. The number of hydrogen-bond donors (Lipinski definition) is 0. The SMILES string of the molecule is c1ccc(-c2ccc(-c3cc(-c4cccc(-c5ccc6c7ccccc7n(-c7ccccc7)c6c5)c4)nc(-c4cccc5c4oc4ccccc45)n3)cc2)cc1. The van der Waals surface area contributed by atoms with E-state index in [0.29, 0.717) is 5.82 Å². The molecule has 8 aromatic carbocycles. The molecule has 0 N–H and O–H groups in total. The normalized spacial score (nSPS) is 11.6. The van der Waals surface area contributed by atoms with E-state index in [1.54, 1.807) is 0 Å². The van der Waals surface area contributed by atoms with Gasteiger partial charge in [-0.25, -0.2) is 9.97 Å². The van der Waals surface area contributed by atoms with Crippen LogP contribution in [0.5, 0.6) is 0 Å². The summed E-state index contributed by atoms with van der Waals surface area (Å²) in [5.74, 6) is 0.619. The van der Waals surface area contributed by atoms with Crippen LogP contribution in [0.1, 0.15) is 0 Å². The van der Waals surface area contributed by atoms with Crippen LogP contribution in [0.3, 0.4) is 0 Å². The van der Waals surface area contributed by atoms with E-state index in [2.05, 4.69) is 180 Å². The van der Waals surface area contributed by atoms with Crippen molar-refractivity contribution >= 4 is 43.7 Å². The zero-order chi connectivity index (χ0) is 37.0. The average Bonchev–Trinajstić information content (AvgIpc) is 3.83. The average molecular weight is 716 g/mol. The second-order valence-corrected chi connectivity index (χ2v) is 14.2. The summed E-state index contributed by atoms with van der Waals surface area (Å²) in [5, 5.41) is 4.59. The Morgan fingerprint density at radius 1 is 0.357 bits per heavy atom. The van der Waals surface area contributed by atoms with Gasteiger partial charge in [-0.05, 0) is 70.8 Å². The standard InChI is InChI=1S/C52H33N3O/c1-3-13-34(14-4-1)35-25-27-36(28-26-35)46-33-47(54-52(53-46)45-22-12-21-44-43-20-8-10-24-50(43)56-51(44)45)39-16-11-15-37(31-39)38-29-30-42-41-19-7-9-23-48(41)55(49(42)32-38)40-17-5-2-6-18-40/h1-33H. The number of fused-ring (bicyclic) bond motifs is 6. The van der Waals surface area contributed by atoms with Gasteiger partial charge in [-0.2, -0.15) is 0 Å². The second kappa shape index (κ2) is 13.1. The molecule has 0 saturated carbocycles. The molecule has 56 heavy (non-hydrogen) atoms. The Bertz CT molecular complexity index is 3230. The maximum Gasteiger partial charge on any atom is 0.164 e. The van der Waals surface area contributed by atoms with Crippen LogP contribution in [0.2, 0.25) is 0 Å². The van der Waals surface area contributed by atoms with Gasteiger partial charge in [0.2, 0.25) is 0 Å². The topological polar surface area (TPSA) is 43.9 Å². The second-order valence-electron chi connectivity index (χ2n) is 14.2. The first-order chi connectivity index (χ1) is 27.7. The fourth-order valence-electron chi connectivity index (χ4n) is 8.11. The van der Waals surface area contributed by atoms with Gasteiger partial charge >= 0.3 is 0 Å². The molecule has 0 radical (unpaired) electrons.